The largest absolute Gasteiger partial charge is 0.397 e. The van der Waals surface area contributed by atoms with Gasteiger partial charge in [0.2, 0.25) is 0 Å². The molecular formula is C13H22N4. The van der Waals surface area contributed by atoms with E-state index in [0.29, 0.717) is 0 Å². The molecule has 0 aliphatic carbocycles. The third-order valence-corrected chi connectivity index (χ3v) is 3.69. The van der Waals surface area contributed by atoms with Gasteiger partial charge in [0.05, 0.1) is 11.4 Å². The lowest BCUT2D eigenvalue weighted by Crippen LogP contribution is -2.57. The zero-order valence-corrected chi connectivity index (χ0v) is 11.0. The van der Waals surface area contributed by atoms with Gasteiger partial charge < -0.3 is 5.73 Å². The van der Waals surface area contributed by atoms with Crippen molar-refractivity contribution in [3.05, 3.63) is 24.0 Å². The molecule has 0 unspecified atom stereocenters. The maximum absolute atomic E-state index is 5.93. The second-order valence-corrected chi connectivity index (χ2v) is 5.48. The molecule has 0 bridgehead atoms. The molecule has 4 nitrogen and oxygen atoms in total. The lowest BCUT2D eigenvalue weighted by Gasteiger charge is -2.45. The van der Waals surface area contributed by atoms with E-state index < -0.39 is 0 Å². The van der Waals surface area contributed by atoms with Crippen molar-refractivity contribution in [2.24, 2.45) is 0 Å². The lowest BCUT2D eigenvalue weighted by atomic mass is 9.99. The molecule has 0 spiro atoms. The Labute approximate surface area is 103 Å². The number of nitrogens with two attached hydrogens (primary N) is 1. The van der Waals surface area contributed by atoms with Crippen LogP contribution < -0.4 is 5.73 Å². The van der Waals surface area contributed by atoms with Crippen LogP contribution in [0.3, 0.4) is 0 Å². The number of likely N-dealkylation sites (N-methyl/N-ethyl adjacent to an activating group) is 1. The molecule has 0 radical (unpaired) electrons. The van der Waals surface area contributed by atoms with E-state index in [4.69, 9.17) is 5.73 Å². The number of hydrogen-bond acceptors (Lipinski definition) is 4. The fourth-order valence-corrected chi connectivity index (χ4v) is 2.27. The Hall–Kier alpha value is -1.13. The van der Waals surface area contributed by atoms with Gasteiger partial charge in [-0.1, -0.05) is 0 Å². The van der Waals surface area contributed by atoms with Crippen LogP contribution in [0.15, 0.2) is 18.3 Å². The molecule has 1 saturated heterocycles. The predicted molar refractivity (Wildman–Crippen MR) is 70.6 cm³/mol. The number of piperazine rings is 1. The Kier molecular flexibility index (Phi) is 3.35. The molecule has 1 fully saturated rings. The lowest BCUT2D eigenvalue weighted by molar-refractivity contribution is 0.0355. The topological polar surface area (TPSA) is 45.4 Å². The molecule has 0 aromatic carbocycles. The van der Waals surface area contributed by atoms with Crippen LogP contribution in [0, 0.1) is 0 Å². The van der Waals surface area contributed by atoms with E-state index in [1.54, 1.807) is 0 Å². The maximum Gasteiger partial charge on any atom is 0.0772 e. The van der Waals surface area contributed by atoms with Crippen molar-refractivity contribution >= 4 is 5.69 Å². The summed E-state index contributed by atoms with van der Waals surface area (Å²) < 4.78 is 0. The van der Waals surface area contributed by atoms with Crippen LogP contribution in [0.25, 0.3) is 0 Å². The van der Waals surface area contributed by atoms with E-state index in [2.05, 4.69) is 35.7 Å². The molecule has 1 aromatic rings. The van der Waals surface area contributed by atoms with Crippen LogP contribution in [0.1, 0.15) is 19.5 Å². The van der Waals surface area contributed by atoms with Crippen molar-refractivity contribution in [1.29, 1.82) is 0 Å². The van der Waals surface area contributed by atoms with Crippen LogP contribution in [-0.4, -0.2) is 47.0 Å². The van der Waals surface area contributed by atoms with E-state index in [0.717, 1.165) is 37.6 Å². The molecule has 0 atom stereocenters. The Morgan fingerprint density at radius 2 is 2.18 bits per heavy atom. The molecule has 17 heavy (non-hydrogen) atoms. The summed E-state index contributed by atoms with van der Waals surface area (Å²) in [5.41, 5.74) is 7.95. The van der Waals surface area contributed by atoms with E-state index in [1.165, 1.54) is 0 Å². The van der Waals surface area contributed by atoms with Crippen LogP contribution in [0.4, 0.5) is 5.69 Å². The van der Waals surface area contributed by atoms with Gasteiger partial charge in [-0.15, -0.1) is 0 Å². The highest BCUT2D eigenvalue weighted by Crippen LogP contribution is 2.21. The average Bonchev–Trinajstić information content (AvgIpc) is 2.26. The highest BCUT2D eigenvalue weighted by molar-refractivity contribution is 5.41. The first-order chi connectivity index (χ1) is 7.99. The number of hydrogen-bond donors (Lipinski definition) is 1. The van der Waals surface area contributed by atoms with E-state index in [9.17, 15) is 0 Å². The highest BCUT2D eigenvalue weighted by Gasteiger charge is 2.31. The zero-order chi connectivity index (χ0) is 12.5. The Morgan fingerprint density at radius 1 is 1.41 bits per heavy atom. The summed E-state index contributed by atoms with van der Waals surface area (Å²) in [5.74, 6) is 0. The number of nitrogen functional groups attached to an aromatic ring is 1. The molecule has 2 rings (SSSR count). The zero-order valence-electron chi connectivity index (χ0n) is 11.0. The maximum atomic E-state index is 5.93. The first kappa shape index (κ1) is 12.3. The van der Waals surface area contributed by atoms with Crippen molar-refractivity contribution in [3.8, 4) is 0 Å². The minimum absolute atomic E-state index is 0.224. The summed E-state index contributed by atoms with van der Waals surface area (Å²) in [6, 6.07) is 3.80. The monoisotopic (exact) mass is 234 g/mol. The summed E-state index contributed by atoms with van der Waals surface area (Å²) in [6.45, 7) is 8.64. The number of aromatic nitrogens is 1. The molecule has 0 amide bonds. The fourth-order valence-electron chi connectivity index (χ4n) is 2.27. The van der Waals surface area contributed by atoms with Crippen LogP contribution in [0.2, 0.25) is 0 Å². The normalized spacial score (nSPS) is 21.6. The minimum Gasteiger partial charge on any atom is -0.397 e. The van der Waals surface area contributed by atoms with Crippen molar-refractivity contribution in [2.75, 3.05) is 32.4 Å². The van der Waals surface area contributed by atoms with Gasteiger partial charge >= 0.3 is 0 Å². The SMILES string of the molecule is CN1CCN(Cc2ncccc2N)CC1(C)C. The van der Waals surface area contributed by atoms with Crippen LogP contribution in [-0.2, 0) is 6.54 Å². The average molecular weight is 234 g/mol. The van der Waals surface area contributed by atoms with Gasteiger partial charge in [-0.05, 0) is 33.0 Å². The third-order valence-electron chi connectivity index (χ3n) is 3.69. The molecule has 94 valence electrons. The molecule has 1 aliphatic rings. The smallest absolute Gasteiger partial charge is 0.0772 e. The molecule has 4 heteroatoms. The quantitative estimate of drug-likeness (QED) is 0.835. The second-order valence-electron chi connectivity index (χ2n) is 5.48. The first-order valence-corrected chi connectivity index (χ1v) is 6.12. The van der Waals surface area contributed by atoms with Crippen LogP contribution >= 0.6 is 0 Å². The number of pyridine rings is 1. The number of rotatable bonds is 2. The summed E-state index contributed by atoms with van der Waals surface area (Å²) in [4.78, 5) is 9.20. The highest BCUT2D eigenvalue weighted by atomic mass is 15.3. The molecule has 2 N–H and O–H groups in total. The Morgan fingerprint density at radius 3 is 2.82 bits per heavy atom. The number of nitrogens with zero attached hydrogens (tertiary/aromatic N) is 3. The Balaban J connectivity index is 2.04. The molecule has 0 saturated carbocycles. The molecule has 1 aromatic heterocycles. The van der Waals surface area contributed by atoms with Crippen molar-refractivity contribution in [2.45, 2.75) is 25.9 Å². The van der Waals surface area contributed by atoms with Gasteiger partial charge in [-0.25, -0.2) is 0 Å². The van der Waals surface area contributed by atoms with E-state index in [1.807, 2.05) is 18.3 Å². The standard InChI is InChI=1S/C13H22N4/c1-13(2)10-17(8-7-16(13)3)9-12-11(14)5-4-6-15-12/h4-6H,7-10,14H2,1-3H3. The predicted octanol–water partition coefficient (Wildman–Crippen LogP) is 1.19. The summed E-state index contributed by atoms with van der Waals surface area (Å²) in [5, 5.41) is 0. The molecular weight excluding hydrogens is 212 g/mol. The van der Waals surface area contributed by atoms with Gasteiger partial charge in [0, 0.05) is 37.9 Å². The number of anilines is 1. The van der Waals surface area contributed by atoms with Gasteiger partial charge in [0.15, 0.2) is 0 Å². The Bertz CT molecular complexity index is 389. The first-order valence-electron chi connectivity index (χ1n) is 6.12. The van der Waals surface area contributed by atoms with Gasteiger partial charge in [0.1, 0.15) is 0 Å². The van der Waals surface area contributed by atoms with Gasteiger partial charge in [0.25, 0.3) is 0 Å². The molecule has 2 heterocycles. The molecule has 1 aliphatic heterocycles. The minimum atomic E-state index is 0.224. The van der Waals surface area contributed by atoms with Gasteiger partial charge in [-0.3, -0.25) is 14.8 Å². The third kappa shape index (κ3) is 2.76. The second kappa shape index (κ2) is 4.63. The van der Waals surface area contributed by atoms with Crippen molar-refractivity contribution in [3.63, 3.8) is 0 Å². The van der Waals surface area contributed by atoms with E-state index in [-0.39, 0.29) is 5.54 Å². The van der Waals surface area contributed by atoms with Gasteiger partial charge in [-0.2, -0.15) is 0 Å². The summed E-state index contributed by atoms with van der Waals surface area (Å²) in [7, 11) is 2.19. The van der Waals surface area contributed by atoms with Crippen LogP contribution in [0.5, 0.6) is 0 Å². The van der Waals surface area contributed by atoms with E-state index >= 15 is 0 Å². The fraction of sp³-hybridized carbons (Fsp3) is 0.615. The van der Waals surface area contributed by atoms with Crippen molar-refractivity contribution < 1.29 is 0 Å². The summed E-state index contributed by atoms with van der Waals surface area (Å²) in [6.07, 6.45) is 1.81. The summed E-state index contributed by atoms with van der Waals surface area (Å²) >= 11 is 0. The van der Waals surface area contributed by atoms with Crippen molar-refractivity contribution in [1.82, 2.24) is 14.8 Å².